The second-order valence-corrected chi connectivity index (χ2v) is 4.62. The van der Waals surface area contributed by atoms with Crippen LogP contribution in [0.2, 0.25) is 0 Å². The molecule has 0 aromatic heterocycles. The molecule has 1 aromatic rings. The van der Waals surface area contributed by atoms with Crippen molar-refractivity contribution < 1.29 is 9.90 Å². The first-order valence-corrected chi connectivity index (χ1v) is 5.52. The van der Waals surface area contributed by atoms with Gasteiger partial charge in [-0.3, -0.25) is 0 Å². The number of aromatic carboxylic acids is 1. The summed E-state index contributed by atoms with van der Waals surface area (Å²) in [4.78, 5) is 11.7. The topological polar surface area (TPSA) is 37.3 Å². The van der Waals surface area contributed by atoms with Gasteiger partial charge in [0.2, 0.25) is 0 Å². The van der Waals surface area contributed by atoms with Crippen molar-refractivity contribution in [1.29, 1.82) is 0 Å². The lowest BCUT2D eigenvalue weighted by molar-refractivity contribution is 0.0693. The predicted octanol–water partition coefficient (Wildman–Crippen LogP) is 3.28. The van der Waals surface area contributed by atoms with Crippen LogP contribution in [0.4, 0.5) is 0 Å². The predicted molar refractivity (Wildman–Crippen MR) is 59.0 cm³/mol. The van der Waals surface area contributed by atoms with E-state index < -0.39 is 5.97 Å². The van der Waals surface area contributed by atoms with Gasteiger partial charge in [0.25, 0.3) is 0 Å². The summed E-state index contributed by atoms with van der Waals surface area (Å²) in [5, 5.41) is 9.39. The Morgan fingerprint density at radius 1 is 1.50 bits per heavy atom. The van der Waals surface area contributed by atoms with Gasteiger partial charge >= 0.3 is 5.97 Å². The highest BCUT2D eigenvalue weighted by Crippen LogP contribution is 2.28. The van der Waals surface area contributed by atoms with Gasteiger partial charge in [0.15, 0.2) is 0 Å². The summed E-state index contributed by atoms with van der Waals surface area (Å²) in [6.45, 7) is 4.20. The van der Waals surface area contributed by atoms with E-state index in [9.17, 15) is 4.79 Å². The number of rotatable bonds is 4. The van der Waals surface area contributed by atoms with Crippen LogP contribution in [0.15, 0.2) is 29.2 Å². The van der Waals surface area contributed by atoms with E-state index in [1.54, 1.807) is 23.9 Å². The molecule has 0 spiro atoms. The molecule has 1 aromatic carbocycles. The summed E-state index contributed by atoms with van der Waals surface area (Å²) in [5.41, 5.74) is 0.401. The molecule has 0 fully saturated rings. The van der Waals surface area contributed by atoms with Crippen LogP contribution >= 0.6 is 11.8 Å². The minimum atomic E-state index is -0.851. The molecule has 0 heterocycles. The Bertz CT molecular complexity index is 323. The van der Waals surface area contributed by atoms with Crippen LogP contribution in [-0.4, -0.2) is 16.3 Å². The molecule has 1 rings (SSSR count). The number of carboxylic acids is 1. The first-order valence-electron chi connectivity index (χ1n) is 4.64. The molecule has 0 saturated heterocycles. The third-order valence-corrected chi connectivity index (χ3v) is 3.37. The Kier molecular flexibility index (Phi) is 4.01. The van der Waals surface area contributed by atoms with Crippen LogP contribution in [0.1, 0.15) is 30.6 Å². The van der Waals surface area contributed by atoms with Crippen LogP contribution in [0.25, 0.3) is 0 Å². The summed E-state index contributed by atoms with van der Waals surface area (Å²) in [6.07, 6.45) is 1.04. The average Bonchev–Trinajstić information content (AvgIpc) is 2.18. The fourth-order valence-electron chi connectivity index (χ4n) is 1.05. The molecule has 0 radical (unpaired) electrons. The maximum atomic E-state index is 10.9. The molecule has 0 saturated carbocycles. The minimum Gasteiger partial charge on any atom is -0.478 e. The van der Waals surface area contributed by atoms with Gasteiger partial charge in [-0.2, -0.15) is 0 Å². The van der Waals surface area contributed by atoms with Crippen molar-refractivity contribution in [1.82, 2.24) is 0 Å². The Hall–Kier alpha value is -0.960. The van der Waals surface area contributed by atoms with Crippen molar-refractivity contribution in [2.24, 2.45) is 0 Å². The largest absolute Gasteiger partial charge is 0.478 e. The Morgan fingerprint density at radius 2 is 2.14 bits per heavy atom. The van der Waals surface area contributed by atoms with Gasteiger partial charge in [0, 0.05) is 10.1 Å². The number of thioether (sulfide) groups is 1. The molecule has 1 N–H and O–H groups in total. The van der Waals surface area contributed by atoms with Crippen molar-refractivity contribution >= 4 is 17.7 Å². The van der Waals surface area contributed by atoms with Gasteiger partial charge in [-0.1, -0.05) is 26.0 Å². The van der Waals surface area contributed by atoms with Crippen LogP contribution in [0.3, 0.4) is 0 Å². The second-order valence-electron chi connectivity index (χ2n) is 3.14. The maximum absolute atomic E-state index is 10.9. The Balaban J connectivity index is 2.90. The van der Waals surface area contributed by atoms with E-state index in [0.717, 1.165) is 11.3 Å². The van der Waals surface area contributed by atoms with Crippen molar-refractivity contribution in [3.8, 4) is 0 Å². The molecule has 0 aliphatic heterocycles. The minimum absolute atomic E-state index is 0.401. The molecular weight excluding hydrogens is 196 g/mol. The SMILES string of the molecule is CCC(C)Sc1ccccc1C(=O)O. The van der Waals surface area contributed by atoms with E-state index in [-0.39, 0.29) is 0 Å². The zero-order chi connectivity index (χ0) is 10.6. The van der Waals surface area contributed by atoms with Gasteiger partial charge < -0.3 is 5.11 Å². The number of carbonyl (C=O) groups is 1. The first-order chi connectivity index (χ1) is 6.65. The van der Waals surface area contributed by atoms with Crippen molar-refractivity contribution in [3.63, 3.8) is 0 Å². The van der Waals surface area contributed by atoms with Crippen LogP contribution in [0, 0.1) is 0 Å². The Morgan fingerprint density at radius 3 is 2.71 bits per heavy atom. The first kappa shape index (κ1) is 11.1. The number of hydrogen-bond acceptors (Lipinski definition) is 2. The lowest BCUT2D eigenvalue weighted by atomic mass is 10.2. The molecule has 0 aliphatic carbocycles. The monoisotopic (exact) mass is 210 g/mol. The van der Waals surface area contributed by atoms with E-state index in [1.807, 2.05) is 12.1 Å². The van der Waals surface area contributed by atoms with Gasteiger partial charge in [0.1, 0.15) is 0 Å². The van der Waals surface area contributed by atoms with Crippen molar-refractivity contribution in [2.75, 3.05) is 0 Å². The van der Waals surface area contributed by atoms with Crippen molar-refractivity contribution in [3.05, 3.63) is 29.8 Å². The summed E-state index contributed by atoms with van der Waals surface area (Å²) in [6, 6.07) is 7.13. The van der Waals surface area contributed by atoms with Crippen LogP contribution in [-0.2, 0) is 0 Å². The third-order valence-electron chi connectivity index (χ3n) is 2.02. The van der Waals surface area contributed by atoms with E-state index in [0.29, 0.717) is 10.8 Å². The summed E-state index contributed by atoms with van der Waals surface area (Å²) in [5.74, 6) is -0.851. The van der Waals surface area contributed by atoms with Crippen molar-refractivity contribution in [2.45, 2.75) is 30.4 Å². The van der Waals surface area contributed by atoms with Gasteiger partial charge in [-0.05, 0) is 18.6 Å². The van der Waals surface area contributed by atoms with Crippen LogP contribution in [0.5, 0.6) is 0 Å². The molecule has 76 valence electrons. The zero-order valence-corrected chi connectivity index (χ0v) is 9.17. The highest BCUT2D eigenvalue weighted by Gasteiger charge is 2.11. The standard InChI is InChI=1S/C11H14O2S/c1-3-8(2)14-10-7-5-4-6-9(10)11(12)13/h4-8H,3H2,1-2H3,(H,12,13). The molecule has 2 nitrogen and oxygen atoms in total. The second kappa shape index (κ2) is 5.05. The molecule has 14 heavy (non-hydrogen) atoms. The van der Waals surface area contributed by atoms with E-state index in [4.69, 9.17) is 5.11 Å². The summed E-state index contributed by atoms with van der Waals surface area (Å²) >= 11 is 1.62. The lowest BCUT2D eigenvalue weighted by Crippen LogP contribution is -2.01. The lowest BCUT2D eigenvalue weighted by Gasteiger charge is -2.09. The van der Waals surface area contributed by atoms with E-state index in [1.165, 1.54) is 0 Å². The Labute approximate surface area is 88.3 Å². The highest BCUT2D eigenvalue weighted by atomic mass is 32.2. The van der Waals surface area contributed by atoms with Crippen LogP contribution < -0.4 is 0 Å². The fraction of sp³-hybridized carbons (Fsp3) is 0.364. The number of hydrogen-bond donors (Lipinski definition) is 1. The molecule has 0 amide bonds. The number of benzene rings is 1. The summed E-state index contributed by atoms with van der Waals surface area (Å²) in [7, 11) is 0. The molecule has 1 atom stereocenters. The number of carboxylic acid groups (broad SMARTS) is 1. The van der Waals surface area contributed by atoms with E-state index >= 15 is 0 Å². The average molecular weight is 210 g/mol. The third kappa shape index (κ3) is 2.77. The van der Waals surface area contributed by atoms with Gasteiger partial charge in [0.05, 0.1) is 5.56 Å². The van der Waals surface area contributed by atoms with E-state index in [2.05, 4.69) is 13.8 Å². The van der Waals surface area contributed by atoms with Gasteiger partial charge in [-0.25, -0.2) is 4.79 Å². The highest BCUT2D eigenvalue weighted by molar-refractivity contribution is 8.00. The normalized spacial score (nSPS) is 12.4. The smallest absolute Gasteiger partial charge is 0.336 e. The maximum Gasteiger partial charge on any atom is 0.336 e. The molecule has 0 bridgehead atoms. The van der Waals surface area contributed by atoms with Gasteiger partial charge in [-0.15, -0.1) is 11.8 Å². The molecular formula is C11H14O2S. The quantitative estimate of drug-likeness (QED) is 0.775. The fourth-order valence-corrected chi connectivity index (χ4v) is 2.09. The summed E-state index contributed by atoms with van der Waals surface area (Å²) < 4.78 is 0. The molecule has 3 heteroatoms. The molecule has 0 aliphatic rings. The zero-order valence-electron chi connectivity index (χ0n) is 8.36. The molecule has 1 unspecified atom stereocenters.